The van der Waals surface area contributed by atoms with Gasteiger partial charge in [-0.15, -0.1) is 0 Å². The van der Waals surface area contributed by atoms with Gasteiger partial charge in [-0.1, -0.05) is 18.2 Å². The number of nitrogens with one attached hydrogen (secondary N) is 1. The molecule has 0 bridgehead atoms. The molecule has 2 amide bonds. The predicted octanol–water partition coefficient (Wildman–Crippen LogP) is 3.90. The van der Waals surface area contributed by atoms with Crippen LogP contribution in [0.4, 0.5) is 5.69 Å². The molecule has 2 aromatic carbocycles. The molecule has 1 saturated heterocycles. The summed E-state index contributed by atoms with van der Waals surface area (Å²) in [5, 5.41) is 2.55. The van der Waals surface area contributed by atoms with Gasteiger partial charge < -0.3 is 9.15 Å². The number of rotatable bonds is 4. The van der Waals surface area contributed by atoms with Gasteiger partial charge in [0.15, 0.2) is 5.11 Å². The number of carbonyl (C=O) groups is 2. The minimum Gasteiger partial charge on any atom is -0.465 e. The van der Waals surface area contributed by atoms with Gasteiger partial charge in [-0.3, -0.25) is 19.8 Å². The lowest BCUT2D eigenvalue weighted by molar-refractivity contribution is -0.122. The van der Waals surface area contributed by atoms with E-state index in [1.54, 1.807) is 36.4 Å². The highest BCUT2D eigenvalue weighted by Gasteiger charge is 2.34. The third kappa shape index (κ3) is 3.56. The first-order valence-corrected chi connectivity index (χ1v) is 8.80. The summed E-state index contributed by atoms with van der Waals surface area (Å²) in [6, 6.07) is 19.5. The van der Waals surface area contributed by atoms with Gasteiger partial charge in [0.05, 0.1) is 12.0 Å². The summed E-state index contributed by atoms with van der Waals surface area (Å²) < 4.78 is 10.9. The molecule has 3 aromatic rings. The fraction of sp³-hybridized carbons (Fsp3) is 0. The summed E-state index contributed by atoms with van der Waals surface area (Å²) in [5.41, 5.74) is 0.453. The average molecular weight is 390 g/mol. The van der Waals surface area contributed by atoms with Gasteiger partial charge in [-0.25, -0.2) is 0 Å². The van der Waals surface area contributed by atoms with E-state index in [1.807, 2.05) is 30.3 Å². The first kappa shape index (κ1) is 17.7. The molecule has 0 saturated carbocycles. The molecule has 28 heavy (non-hydrogen) atoms. The fourth-order valence-electron chi connectivity index (χ4n) is 2.70. The Balaban J connectivity index is 1.59. The van der Waals surface area contributed by atoms with E-state index in [4.69, 9.17) is 21.4 Å². The van der Waals surface area contributed by atoms with Crippen LogP contribution >= 0.6 is 12.2 Å². The number of furan rings is 1. The maximum absolute atomic E-state index is 12.9. The van der Waals surface area contributed by atoms with Crippen molar-refractivity contribution < 1.29 is 18.7 Å². The van der Waals surface area contributed by atoms with Crippen molar-refractivity contribution in [1.29, 1.82) is 0 Å². The van der Waals surface area contributed by atoms with Crippen LogP contribution in [-0.2, 0) is 9.59 Å². The molecular formula is C21H14N2O4S. The molecule has 4 rings (SSSR count). The third-order valence-corrected chi connectivity index (χ3v) is 4.29. The quantitative estimate of drug-likeness (QED) is 0.416. The van der Waals surface area contributed by atoms with Gasteiger partial charge in [0.2, 0.25) is 0 Å². The Hall–Kier alpha value is -3.71. The van der Waals surface area contributed by atoms with Gasteiger partial charge in [0.25, 0.3) is 11.8 Å². The Bertz CT molecular complexity index is 1060. The molecule has 1 N–H and O–H groups in total. The highest BCUT2D eigenvalue weighted by atomic mass is 32.1. The van der Waals surface area contributed by atoms with Crippen molar-refractivity contribution in [2.45, 2.75) is 0 Å². The van der Waals surface area contributed by atoms with E-state index in [1.165, 1.54) is 17.2 Å². The first-order valence-electron chi connectivity index (χ1n) is 8.40. The Labute approximate surface area is 166 Å². The molecular weight excluding hydrogens is 376 g/mol. The topological polar surface area (TPSA) is 71.8 Å². The maximum atomic E-state index is 12.9. The number of nitrogens with zero attached hydrogens (tertiary/aromatic N) is 1. The van der Waals surface area contributed by atoms with Crippen LogP contribution in [0.25, 0.3) is 6.08 Å². The summed E-state index contributed by atoms with van der Waals surface area (Å²) in [6.07, 6.45) is 2.85. The highest BCUT2D eigenvalue weighted by molar-refractivity contribution is 7.80. The van der Waals surface area contributed by atoms with E-state index < -0.39 is 11.8 Å². The average Bonchev–Trinajstić information content (AvgIpc) is 3.20. The molecule has 1 aromatic heterocycles. The van der Waals surface area contributed by atoms with Crippen LogP contribution in [0, 0.1) is 0 Å². The monoisotopic (exact) mass is 390 g/mol. The van der Waals surface area contributed by atoms with Crippen LogP contribution in [-0.4, -0.2) is 16.9 Å². The number of hydrogen-bond donors (Lipinski definition) is 1. The van der Waals surface area contributed by atoms with E-state index in [9.17, 15) is 9.59 Å². The molecule has 7 heteroatoms. The third-order valence-electron chi connectivity index (χ3n) is 4.01. The van der Waals surface area contributed by atoms with E-state index in [0.717, 1.165) is 0 Å². The summed E-state index contributed by atoms with van der Waals surface area (Å²) in [6.45, 7) is 0. The molecule has 2 heterocycles. The van der Waals surface area contributed by atoms with Crippen LogP contribution in [0.5, 0.6) is 11.5 Å². The number of para-hydroxylation sites is 1. The van der Waals surface area contributed by atoms with E-state index in [-0.39, 0.29) is 10.7 Å². The Morgan fingerprint density at radius 1 is 0.929 bits per heavy atom. The molecule has 0 radical (unpaired) electrons. The first-order chi connectivity index (χ1) is 13.6. The number of ether oxygens (including phenoxy) is 1. The molecule has 1 fully saturated rings. The van der Waals surface area contributed by atoms with E-state index in [2.05, 4.69) is 5.32 Å². The number of hydrogen-bond acceptors (Lipinski definition) is 5. The van der Waals surface area contributed by atoms with Crippen LogP contribution in [0.1, 0.15) is 5.76 Å². The highest BCUT2D eigenvalue weighted by Crippen LogP contribution is 2.27. The SMILES string of the molecule is O=C1NC(=S)N(c2ccc(Oc3ccccc3)cc2)C(=O)C1=Cc1ccco1. The number of anilines is 1. The number of benzene rings is 2. The van der Waals surface area contributed by atoms with Crippen molar-refractivity contribution in [2.24, 2.45) is 0 Å². The van der Waals surface area contributed by atoms with E-state index in [0.29, 0.717) is 22.9 Å². The van der Waals surface area contributed by atoms with Crippen molar-refractivity contribution in [2.75, 3.05) is 4.90 Å². The summed E-state index contributed by atoms with van der Waals surface area (Å²) in [5.74, 6) is 0.628. The molecule has 0 spiro atoms. The van der Waals surface area contributed by atoms with Gasteiger partial charge in [0, 0.05) is 0 Å². The minimum absolute atomic E-state index is 0.0170. The van der Waals surface area contributed by atoms with Gasteiger partial charge in [-0.2, -0.15) is 0 Å². The normalized spacial score (nSPS) is 15.6. The zero-order valence-corrected chi connectivity index (χ0v) is 15.3. The molecule has 0 atom stereocenters. The van der Waals surface area contributed by atoms with Gasteiger partial charge >= 0.3 is 0 Å². The number of thiocarbonyl (C=S) groups is 1. The van der Waals surface area contributed by atoms with Crippen LogP contribution in [0.15, 0.2) is 83.0 Å². The van der Waals surface area contributed by atoms with Crippen molar-refractivity contribution in [1.82, 2.24) is 5.32 Å². The van der Waals surface area contributed by atoms with Crippen LogP contribution in [0.2, 0.25) is 0 Å². The molecule has 1 aliphatic rings. The van der Waals surface area contributed by atoms with E-state index >= 15 is 0 Å². The van der Waals surface area contributed by atoms with Gasteiger partial charge in [0.1, 0.15) is 22.8 Å². The minimum atomic E-state index is -0.563. The summed E-state index contributed by atoms with van der Waals surface area (Å²) in [7, 11) is 0. The van der Waals surface area contributed by atoms with Crippen LogP contribution < -0.4 is 15.0 Å². The Morgan fingerprint density at radius 2 is 1.64 bits per heavy atom. The summed E-state index contributed by atoms with van der Waals surface area (Å²) in [4.78, 5) is 26.3. The summed E-state index contributed by atoms with van der Waals surface area (Å²) >= 11 is 5.19. The predicted molar refractivity (Wildman–Crippen MR) is 108 cm³/mol. The molecule has 0 unspecified atom stereocenters. The lowest BCUT2D eigenvalue weighted by atomic mass is 10.1. The van der Waals surface area contributed by atoms with Gasteiger partial charge in [-0.05, 0) is 66.8 Å². The zero-order chi connectivity index (χ0) is 19.5. The standard InChI is InChI=1S/C21H14N2O4S/c24-19-18(13-17-7-4-12-26-17)20(25)23(21(28)22-19)14-8-10-16(11-9-14)27-15-5-2-1-3-6-15/h1-13H,(H,22,24,28). The number of carbonyl (C=O) groups excluding carboxylic acids is 2. The second kappa shape index (κ2) is 7.50. The number of amides is 2. The molecule has 138 valence electrons. The lowest BCUT2D eigenvalue weighted by Gasteiger charge is -2.28. The van der Waals surface area contributed by atoms with Crippen molar-refractivity contribution in [3.05, 3.63) is 84.3 Å². The van der Waals surface area contributed by atoms with Crippen LogP contribution in [0.3, 0.4) is 0 Å². The van der Waals surface area contributed by atoms with Crippen molar-refractivity contribution >= 4 is 40.9 Å². The Morgan fingerprint density at radius 3 is 2.32 bits per heavy atom. The van der Waals surface area contributed by atoms with Crippen molar-refractivity contribution in [3.8, 4) is 11.5 Å². The molecule has 6 nitrogen and oxygen atoms in total. The zero-order valence-electron chi connectivity index (χ0n) is 14.5. The fourth-order valence-corrected chi connectivity index (χ4v) is 2.98. The maximum Gasteiger partial charge on any atom is 0.270 e. The smallest absolute Gasteiger partial charge is 0.270 e. The Kier molecular flexibility index (Phi) is 4.74. The second-order valence-corrected chi connectivity index (χ2v) is 6.27. The largest absolute Gasteiger partial charge is 0.465 e. The second-order valence-electron chi connectivity index (χ2n) is 5.88. The molecule has 1 aliphatic heterocycles. The molecule has 0 aliphatic carbocycles. The van der Waals surface area contributed by atoms with Crippen molar-refractivity contribution in [3.63, 3.8) is 0 Å². The lowest BCUT2D eigenvalue weighted by Crippen LogP contribution is -2.54.